The van der Waals surface area contributed by atoms with Crippen molar-refractivity contribution < 1.29 is 17.9 Å². The van der Waals surface area contributed by atoms with Crippen LogP contribution in [-0.4, -0.2) is 20.1 Å². The van der Waals surface area contributed by atoms with Gasteiger partial charge in [-0.2, -0.15) is 0 Å². The van der Waals surface area contributed by atoms with Crippen molar-refractivity contribution in [2.45, 2.75) is 42.2 Å². The minimum atomic E-state index is -3.88. The lowest BCUT2D eigenvalue weighted by Crippen LogP contribution is -2.22. The molecule has 0 amide bonds. The molecule has 27 heavy (non-hydrogen) atoms. The van der Waals surface area contributed by atoms with Crippen molar-refractivity contribution in [3.63, 3.8) is 0 Å². The first kappa shape index (κ1) is 18.5. The zero-order chi connectivity index (χ0) is 19.4. The largest absolute Gasteiger partial charge is 0.459 e. The van der Waals surface area contributed by atoms with Crippen molar-refractivity contribution in [3.8, 4) is 0 Å². The molecule has 1 aliphatic heterocycles. The van der Waals surface area contributed by atoms with E-state index < -0.39 is 15.4 Å². The highest BCUT2D eigenvalue weighted by molar-refractivity contribution is 7.91. The van der Waals surface area contributed by atoms with Crippen LogP contribution in [0.3, 0.4) is 0 Å². The monoisotopic (exact) mass is 405 g/mol. The van der Waals surface area contributed by atoms with Crippen LogP contribution in [0.25, 0.3) is 11.0 Å². The maximum atomic E-state index is 13.4. The van der Waals surface area contributed by atoms with E-state index >= 15 is 0 Å². The summed E-state index contributed by atoms with van der Waals surface area (Å²) in [6.45, 7) is 4.56. The van der Waals surface area contributed by atoms with Crippen molar-refractivity contribution in [2.75, 3.05) is 6.54 Å². The Morgan fingerprint density at radius 1 is 1.22 bits per heavy atom. The zero-order valence-electron chi connectivity index (χ0n) is 15.0. The van der Waals surface area contributed by atoms with Gasteiger partial charge in [-0.25, -0.2) is 8.42 Å². The Bertz CT molecular complexity index is 1140. The summed E-state index contributed by atoms with van der Waals surface area (Å²) in [6, 6.07) is 9.52. The number of furan rings is 1. The Labute approximate surface area is 162 Å². The van der Waals surface area contributed by atoms with E-state index in [4.69, 9.17) is 16.0 Å². The smallest absolute Gasteiger partial charge is 0.207 e. The fourth-order valence-electron chi connectivity index (χ4n) is 3.53. The lowest BCUT2D eigenvalue weighted by atomic mass is 9.99. The summed E-state index contributed by atoms with van der Waals surface area (Å²) in [5.74, 6) is 0.845. The summed E-state index contributed by atoms with van der Waals surface area (Å²) in [4.78, 5) is 0.161. The number of hydrogen-bond donors (Lipinski definition) is 2. The molecule has 0 radical (unpaired) electrons. The van der Waals surface area contributed by atoms with Crippen molar-refractivity contribution in [3.05, 3.63) is 58.3 Å². The second-order valence-corrected chi connectivity index (χ2v) is 9.60. The highest BCUT2D eigenvalue weighted by atomic mass is 35.5. The molecule has 0 unspecified atom stereocenters. The van der Waals surface area contributed by atoms with Gasteiger partial charge in [0.05, 0.1) is 20.4 Å². The molecule has 0 atom stereocenters. The summed E-state index contributed by atoms with van der Waals surface area (Å²) in [5, 5.41) is 14.7. The molecule has 0 bridgehead atoms. The third-order valence-electron chi connectivity index (χ3n) is 4.88. The molecule has 3 aromatic rings. The molecule has 0 spiro atoms. The predicted octanol–water partition coefficient (Wildman–Crippen LogP) is 3.79. The number of sulfone groups is 1. The Morgan fingerprint density at radius 3 is 2.70 bits per heavy atom. The molecular weight excluding hydrogens is 386 g/mol. The highest BCUT2D eigenvalue weighted by Gasteiger charge is 2.30. The lowest BCUT2D eigenvalue weighted by Gasteiger charge is -2.21. The van der Waals surface area contributed by atoms with Crippen molar-refractivity contribution in [1.82, 2.24) is 5.32 Å². The lowest BCUT2D eigenvalue weighted by molar-refractivity contribution is 0.0755. The maximum absolute atomic E-state index is 13.4. The van der Waals surface area contributed by atoms with Gasteiger partial charge >= 0.3 is 0 Å². The van der Waals surface area contributed by atoms with Crippen LogP contribution in [0.5, 0.6) is 0 Å². The molecule has 5 nitrogen and oxygen atoms in total. The molecule has 0 aliphatic carbocycles. The molecule has 142 valence electrons. The Kier molecular flexibility index (Phi) is 4.35. The molecule has 4 rings (SSSR count). The van der Waals surface area contributed by atoms with E-state index in [2.05, 4.69) is 5.32 Å². The molecule has 7 heteroatoms. The standard InChI is InChI=1S/C20H20ClNO4S/c1-20(2,23)15-5-3-4-6-18(15)27(24,25)12-9-13-14-11-22-8-7-17(14)26-19(13)16(21)10-12/h3-6,9-10,22-23H,7-8,11H2,1-2H3. The number of fused-ring (bicyclic) bond motifs is 3. The van der Waals surface area contributed by atoms with Gasteiger partial charge in [0, 0.05) is 36.0 Å². The second-order valence-electron chi connectivity index (χ2n) is 7.27. The van der Waals surface area contributed by atoms with Crippen LogP contribution in [0.2, 0.25) is 5.02 Å². The number of rotatable bonds is 3. The maximum Gasteiger partial charge on any atom is 0.207 e. The first-order chi connectivity index (χ1) is 12.7. The molecule has 0 fully saturated rings. The molecule has 1 aromatic heterocycles. The van der Waals surface area contributed by atoms with Crippen LogP contribution >= 0.6 is 11.6 Å². The van der Waals surface area contributed by atoms with E-state index in [0.717, 1.165) is 24.3 Å². The van der Waals surface area contributed by atoms with Gasteiger partial charge in [0.1, 0.15) is 5.76 Å². The molecule has 1 aliphatic rings. The minimum absolute atomic E-state index is 0.0726. The van der Waals surface area contributed by atoms with Crippen LogP contribution in [0.15, 0.2) is 50.6 Å². The van der Waals surface area contributed by atoms with Crippen LogP contribution in [0, 0.1) is 0 Å². The third-order valence-corrected chi connectivity index (χ3v) is 6.95. The van der Waals surface area contributed by atoms with E-state index in [1.807, 2.05) is 0 Å². The summed E-state index contributed by atoms with van der Waals surface area (Å²) in [6.07, 6.45) is 0.740. The number of nitrogens with one attached hydrogen (secondary N) is 1. The van der Waals surface area contributed by atoms with Crippen molar-refractivity contribution in [1.29, 1.82) is 0 Å². The Balaban J connectivity index is 1.95. The van der Waals surface area contributed by atoms with Crippen molar-refractivity contribution >= 4 is 32.4 Å². The number of hydrogen-bond acceptors (Lipinski definition) is 5. The number of benzene rings is 2. The van der Waals surface area contributed by atoms with Gasteiger partial charge in [0.2, 0.25) is 9.84 Å². The molecule has 2 N–H and O–H groups in total. The van der Waals surface area contributed by atoms with Gasteiger partial charge in [-0.05, 0) is 32.0 Å². The van der Waals surface area contributed by atoms with Crippen LogP contribution < -0.4 is 5.32 Å². The summed E-state index contributed by atoms with van der Waals surface area (Å²) >= 11 is 6.38. The number of aliphatic hydroxyl groups is 1. The molecular formula is C20H20ClNO4S. The minimum Gasteiger partial charge on any atom is -0.459 e. The van der Waals surface area contributed by atoms with E-state index in [1.54, 1.807) is 38.1 Å². The summed E-state index contributed by atoms with van der Waals surface area (Å²) in [7, 11) is -3.88. The van der Waals surface area contributed by atoms with Gasteiger partial charge in [0.15, 0.2) is 5.58 Å². The van der Waals surface area contributed by atoms with E-state index in [9.17, 15) is 13.5 Å². The van der Waals surface area contributed by atoms with Gasteiger partial charge in [-0.3, -0.25) is 0 Å². The van der Waals surface area contributed by atoms with Crippen LogP contribution in [-0.2, 0) is 28.4 Å². The summed E-state index contributed by atoms with van der Waals surface area (Å²) in [5.41, 5.74) is 0.513. The Morgan fingerprint density at radius 2 is 1.96 bits per heavy atom. The normalized spacial score (nSPS) is 15.1. The Hall–Kier alpha value is -1.86. The van der Waals surface area contributed by atoms with Crippen molar-refractivity contribution in [2.24, 2.45) is 0 Å². The van der Waals surface area contributed by atoms with E-state index in [0.29, 0.717) is 23.1 Å². The molecule has 0 saturated heterocycles. The van der Waals surface area contributed by atoms with E-state index in [1.165, 1.54) is 12.1 Å². The van der Waals surface area contributed by atoms with Gasteiger partial charge in [0.25, 0.3) is 0 Å². The molecule has 0 saturated carbocycles. The third kappa shape index (κ3) is 3.06. The van der Waals surface area contributed by atoms with Crippen LogP contribution in [0.1, 0.15) is 30.7 Å². The summed E-state index contributed by atoms with van der Waals surface area (Å²) < 4.78 is 32.6. The molecule has 2 aromatic carbocycles. The van der Waals surface area contributed by atoms with Crippen LogP contribution in [0.4, 0.5) is 0 Å². The predicted molar refractivity (Wildman–Crippen MR) is 104 cm³/mol. The molecule has 2 heterocycles. The van der Waals surface area contributed by atoms with Gasteiger partial charge < -0.3 is 14.8 Å². The highest BCUT2D eigenvalue weighted by Crippen LogP contribution is 2.38. The number of halogens is 1. The average molecular weight is 406 g/mol. The topological polar surface area (TPSA) is 79.5 Å². The van der Waals surface area contributed by atoms with Gasteiger partial charge in [-0.1, -0.05) is 29.8 Å². The SMILES string of the molecule is CC(C)(O)c1ccccc1S(=O)(=O)c1cc(Cl)c2oc3c(c2c1)CNCC3. The van der Waals surface area contributed by atoms with Gasteiger partial charge in [-0.15, -0.1) is 0 Å². The first-order valence-corrected chi connectivity index (χ1v) is 10.6. The van der Waals surface area contributed by atoms with E-state index in [-0.39, 0.29) is 14.8 Å². The second kappa shape index (κ2) is 6.34. The fourth-order valence-corrected chi connectivity index (χ4v) is 5.52. The zero-order valence-corrected chi connectivity index (χ0v) is 16.6. The first-order valence-electron chi connectivity index (χ1n) is 8.71. The fraction of sp³-hybridized carbons (Fsp3) is 0.300. The average Bonchev–Trinajstić information content (AvgIpc) is 3.00. The quantitative estimate of drug-likeness (QED) is 0.693.